The average Bonchev–Trinajstić information content (AvgIpc) is 3.38. The summed E-state index contributed by atoms with van der Waals surface area (Å²) in [5.74, 6) is -0.719. The smallest absolute Gasteiger partial charge is 0.269 e. The van der Waals surface area contributed by atoms with Crippen LogP contribution in [0.1, 0.15) is 42.1 Å². The maximum absolute atomic E-state index is 13.5. The number of carbonyl (C=O) groups excluding carboxylic acids is 1. The minimum absolute atomic E-state index is 0.274. The van der Waals surface area contributed by atoms with Crippen molar-refractivity contribution in [2.75, 3.05) is 0 Å². The first-order valence-electron chi connectivity index (χ1n) is 9.99. The zero-order valence-electron chi connectivity index (χ0n) is 17.1. The molecule has 1 unspecified atom stereocenters. The number of nitrogens with zero attached hydrogens (tertiary/aromatic N) is 6. The lowest BCUT2D eigenvalue weighted by atomic mass is 10.0. The number of carbonyl (C=O) groups is 1. The minimum Gasteiger partial charge on any atom is -0.269 e. The number of benzene rings is 1. The van der Waals surface area contributed by atoms with Crippen LogP contribution in [0, 0.1) is 24.1 Å². The van der Waals surface area contributed by atoms with Gasteiger partial charge in [-0.3, -0.25) is 14.5 Å². The van der Waals surface area contributed by atoms with Crippen molar-refractivity contribution >= 4 is 23.0 Å². The molecule has 0 fully saturated rings. The van der Waals surface area contributed by atoms with E-state index in [2.05, 4.69) is 27.8 Å². The molecule has 4 rings (SSSR count). The Kier molecular flexibility index (Phi) is 5.58. The second-order valence-electron chi connectivity index (χ2n) is 7.50. The fourth-order valence-corrected chi connectivity index (χ4v) is 3.75. The minimum atomic E-state index is -0.445. The Morgan fingerprint density at radius 1 is 1.35 bits per heavy atom. The van der Waals surface area contributed by atoms with E-state index in [0.717, 1.165) is 22.8 Å². The van der Waals surface area contributed by atoms with Gasteiger partial charge in [0.1, 0.15) is 5.82 Å². The van der Waals surface area contributed by atoms with E-state index < -0.39 is 5.82 Å². The molecule has 3 heterocycles. The number of pyridine rings is 1. The number of nitriles is 1. The Morgan fingerprint density at radius 2 is 2.19 bits per heavy atom. The summed E-state index contributed by atoms with van der Waals surface area (Å²) in [6.45, 7) is 6.53. The standard InChI is InChI=1S/C23H21FN6O/c1-15(23(31)30-22(7-8-27-30)18-11-19(24)14-26-13-18)4-3-9-29-16(2)20-10-17(12-25)5-6-21(20)28-29/h5-6,8,10-11,13-14,22H,1,3-4,7,9H2,2H3. The zero-order valence-corrected chi connectivity index (χ0v) is 17.1. The monoisotopic (exact) mass is 416 g/mol. The molecule has 31 heavy (non-hydrogen) atoms. The van der Waals surface area contributed by atoms with Crippen molar-refractivity contribution in [3.8, 4) is 6.07 Å². The van der Waals surface area contributed by atoms with Gasteiger partial charge in [0.15, 0.2) is 0 Å². The Balaban J connectivity index is 1.39. The van der Waals surface area contributed by atoms with E-state index in [1.54, 1.807) is 18.5 Å². The molecule has 0 spiro atoms. The van der Waals surface area contributed by atoms with Gasteiger partial charge < -0.3 is 0 Å². The highest BCUT2D eigenvalue weighted by Crippen LogP contribution is 2.30. The lowest BCUT2D eigenvalue weighted by Gasteiger charge is -2.22. The molecule has 3 aromatic rings. The highest BCUT2D eigenvalue weighted by atomic mass is 19.1. The molecule has 1 aliphatic heterocycles. The molecule has 2 aromatic heterocycles. The molecule has 0 bridgehead atoms. The van der Waals surface area contributed by atoms with Crippen LogP contribution in [0.5, 0.6) is 0 Å². The number of aromatic nitrogens is 3. The summed E-state index contributed by atoms with van der Waals surface area (Å²) >= 11 is 0. The van der Waals surface area contributed by atoms with Gasteiger partial charge in [0.05, 0.1) is 29.4 Å². The molecule has 1 aliphatic rings. The van der Waals surface area contributed by atoms with E-state index in [-0.39, 0.29) is 11.9 Å². The quantitative estimate of drug-likeness (QED) is 0.567. The third-order valence-electron chi connectivity index (χ3n) is 5.43. The van der Waals surface area contributed by atoms with Crippen molar-refractivity contribution in [1.29, 1.82) is 5.26 Å². The predicted octanol–water partition coefficient (Wildman–Crippen LogP) is 4.05. The van der Waals surface area contributed by atoms with Gasteiger partial charge >= 0.3 is 0 Å². The van der Waals surface area contributed by atoms with E-state index in [4.69, 9.17) is 5.26 Å². The number of fused-ring (bicyclic) bond motifs is 1. The number of hydrogen-bond donors (Lipinski definition) is 0. The Bertz CT molecular complexity index is 1240. The summed E-state index contributed by atoms with van der Waals surface area (Å²) in [6.07, 6.45) is 6.00. The molecule has 156 valence electrons. The molecule has 0 saturated heterocycles. The van der Waals surface area contributed by atoms with Crippen LogP contribution in [0.4, 0.5) is 4.39 Å². The first kappa shape index (κ1) is 20.4. The van der Waals surface area contributed by atoms with Crippen molar-refractivity contribution in [3.05, 3.63) is 71.4 Å². The van der Waals surface area contributed by atoms with Crippen LogP contribution < -0.4 is 0 Å². The lowest BCUT2D eigenvalue weighted by Crippen LogP contribution is -2.28. The fraction of sp³-hybridized carbons (Fsp3) is 0.261. The summed E-state index contributed by atoms with van der Waals surface area (Å²) in [7, 11) is 0. The van der Waals surface area contributed by atoms with Crippen LogP contribution in [-0.2, 0) is 11.3 Å². The first-order chi connectivity index (χ1) is 15.0. The average molecular weight is 416 g/mol. The Hall–Kier alpha value is -3.86. The Labute approximate surface area is 179 Å². The summed E-state index contributed by atoms with van der Waals surface area (Å²) in [5, 5.41) is 20.2. The van der Waals surface area contributed by atoms with E-state index in [1.807, 2.05) is 23.7 Å². The molecule has 0 radical (unpaired) electrons. The van der Waals surface area contributed by atoms with Crippen LogP contribution in [-0.4, -0.2) is 31.9 Å². The van der Waals surface area contributed by atoms with Crippen LogP contribution in [0.2, 0.25) is 0 Å². The topological polar surface area (TPSA) is 87.2 Å². The van der Waals surface area contributed by atoms with Crippen LogP contribution >= 0.6 is 0 Å². The number of hydrogen-bond acceptors (Lipinski definition) is 5. The van der Waals surface area contributed by atoms with Crippen molar-refractivity contribution < 1.29 is 9.18 Å². The van der Waals surface area contributed by atoms with Crippen LogP contribution in [0.25, 0.3) is 10.9 Å². The van der Waals surface area contributed by atoms with Gasteiger partial charge in [0.2, 0.25) is 0 Å². The van der Waals surface area contributed by atoms with E-state index in [1.165, 1.54) is 11.1 Å². The van der Waals surface area contributed by atoms with E-state index >= 15 is 0 Å². The summed E-state index contributed by atoms with van der Waals surface area (Å²) in [4.78, 5) is 16.7. The number of hydrazone groups is 1. The van der Waals surface area contributed by atoms with Gasteiger partial charge in [-0.25, -0.2) is 9.40 Å². The van der Waals surface area contributed by atoms with Crippen molar-refractivity contribution in [2.45, 2.75) is 38.8 Å². The van der Waals surface area contributed by atoms with Crippen LogP contribution in [0.15, 0.2) is 53.9 Å². The molecule has 7 nitrogen and oxygen atoms in total. The Morgan fingerprint density at radius 3 is 2.97 bits per heavy atom. The van der Waals surface area contributed by atoms with E-state index in [9.17, 15) is 9.18 Å². The summed E-state index contributed by atoms with van der Waals surface area (Å²) in [6, 6.07) is 8.57. The van der Waals surface area contributed by atoms with Gasteiger partial charge in [0, 0.05) is 42.0 Å². The van der Waals surface area contributed by atoms with E-state index in [0.29, 0.717) is 42.5 Å². The number of aryl methyl sites for hydroxylation is 2. The second kappa shape index (κ2) is 8.48. The van der Waals surface area contributed by atoms with Crippen molar-refractivity contribution in [1.82, 2.24) is 19.8 Å². The normalized spacial score (nSPS) is 15.4. The number of amides is 1. The predicted molar refractivity (Wildman–Crippen MR) is 114 cm³/mol. The highest BCUT2D eigenvalue weighted by Gasteiger charge is 2.29. The number of halogens is 1. The lowest BCUT2D eigenvalue weighted by molar-refractivity contribution is -0.129. The third-order valence-corrected chi connectivity index (χ3v) is 5.43. The molecule has 1 atom stereocenters. The molecular weight excluding hydrogens is 395 g/mol. The van der Waals surface area contributed by atoms with Gasteiger partial charge in [0.25, 0.3) is 5.91 Å². The zero-order chi connectivity index (χ0) is 22.0. The van der Waals surface area contributed by atoms with Crippen molar-refractivity contribution in [3.63, 3.8) is 0 Å². The fourth-order valence-electron chi connectivity index (χ4n) is 3.75. The molecule has 1 amide bonds. The second-order valence-corrected chi connectivity index (χ2v) is 7.50. The first-order valence-corrected chi connectivity index (χ1v) is 9.99. The molecule has 0 N–H and O–H groups in total. The van der Waals surface area contributed by atoms with Crippen LogP contribution in [0.3, 0.4) is 0 Å². The van der Waals surface area contributed by atoms with Gasteiger partial charge in [-0.15, -0.1) is 0 Å². The molecular formula is C23H21FN6O. The summed E-state index contributed by atoms with van der Waals surface area (Å²) < 4.78 is 15.4. The highest BCUT2D eigenvalue weighted by molar-refractivity contribution is 5.94. The third kappa shape index (κ3) is 4.08. The molecule has 0 aliphatic carbocycles. The summed E-state index contributed by atoms with van der Waals surface area (Å²) in [5.41, 5.74) is 3.46. The largest absolute Gasteiger partial charge is 0.269 e. The number of rotatable bonds is 6. The molecule has 1 aromatic carbocycles. The SMILES string of the molecule is C=C(CCCn1nc2ccc(C#N)cc2c1C)C(=O)N1N=CCC1c1cncc(F)c1. The van der Waals surface area contributed by atoms with Gasteiger partial charge in [-0.05, 0) is 49.6 Å². The maximum Gasteiger partial charge on any atom is 0.269 e. The van der Waals surface area contributed by atoms with Gasteiger partial charge in [-0.2, -0.15) is 15.5 Å². The maximum atomic E-state index is 13.5. The van der Waals surface area contributed by atoms with Gasteiger partial charge in [-0.1, -0.05) is 6.58 Å². The van der Waals surface area contributed by atoms with Crippen molar-refractivity contribution in [2.24, 2.45) is 5.10 Å². The molecule has 8 heteroatoms. The molecule has 0 saturated carbocycles.